The van der Waals surface area contributed by atoms with Gasteiger partial charge in [-0.05, 0) is 43.7 Å². The lowest BCUT2D eigenvalue weighted by atomic mass is 10.1. The maximum absolute atomic E-state index is 12.8. The Bertz CT molecular complexity index is 1060. The molecule has 0 spiro atoms. The van der Waals surface area contributed by atoms with E-state index in [1.54, 1.807) is 43.6 Å². The lowest BCUT2D eigenvalue weighted by molar-refractivity contribution is 0.254. The molecule has 0 saturated carbocycles. The Labute approximate surface area is 150 Å². The zero-order valence-electron chi connectivity index (χ0n) is 14.2. The molecule has 3 aromatic rings. The van der Waals surface area contributed by atoms with E-state index in [-0.39, 0.29) is 22.8 Å². The highest BCUT2D eigenvalue weighted by molar-refractivity contribution is 7.92. The average molecular weight is 371 g/mol. The number of hydrogen-bond acceptors (Lipinski definition) is 6. The largest absolute Gasteiger partial charge is 0.490 e. The second kappa shape index (κ2) is 6.10. The van der Waals surface area contributed by atoms with Crippen LogP contribution in [0.1, 0.15) is 18.2 Å². The molecule has 1 aliphatic rings. The van der Waals surface area contributed by atoms with Gasteiger partial charge in [0.2, 0.25) is 0 Å². The van der Waals surface area contributed by atoms with Gasteiger partial charge in [0.05, 0.1) is 10.6 Å². The van der Waals surface area contributed by atoms with E-state index in [0.29, 0.717) is 12.1 Å². The molecule has 1 atom stereocenters. The summed E-state index contributed by atoms with van der Waals surface area (Å²) in [5.41, 5.74) is 1.53. The predicted octanol–water partition coefficient (Wildman–Crippen LogP) is 2.09. The fourth-order valence-corrected chi connectivity index (χ4v) is 3.97. The summed E-state index contributed by atoms with van der Waals surface area (Å²) in [6, 6.07) is 8.18. The molecule has 4 rings (SSSR count). The molecule has 0 fully saturated rings. The van der Waals surface area contributed by atoms with E-state index >= 15 is 0 Å². The van der Waals surface area contributed by atoms with E-state index in [1.807, 2.05) is 6.92 Å². The molecule has 9 heteroatoms. The summed E-state index contributed by atoms with van der Waals surface area (Å²) in [4.78, 5) is 8.41. The van der Waals surface area contributed by atoms with Crippen molar-refractivity contribution in [2.24, 2.45) is 0 Å². The van der Waals surface area contributed by atoms with Crippen molar-refractivity contribution >= 4 is 15.8 Å². The molecular formula is C17H17N5O3S. The van der Waals surface area contributed by atoms with Crippen LogP contribution in [0.25, 0.3) is 5.95 Å². The smallest absolute Gasteiger partial charge is 0.263 e. The third kappa shape index (κ3) is 3.01. The first-order valence-corrected chi connectivity index (χ1v) is 9.57. The SMILES string of the molecule is Cc1cc(NS(=O)(=O)c2ccc3c(c2)CC(C)O3)n(-c2ncccn2)n1. The van der Waals surface area contributed by atoms with Crippen molar-refractivity contribution in [3.05, 3.63) is 54.0 Å². The second-order valence-electron chi connectivity index (χ2n) is 6.14. The molecule has 3 heterocycles. The van der Waals surface area contributed by atoms with Gasteiger partial charge >= 0.3 is 0 Å². The molecule has 1 aromatic carbocycles. The van der Waals surface area contributed by atoms with Crippen LogP contribution in [0.4, 0.5) is 5.82 Å². The first-order valence-electron chi connectivity index (χ1n) is 8.09. The average Bonchev–Trinajstić information content (AvgIpc) is 3.15. The van der Waals surface area contributed by atoms with Crippen molar-refractivity contribution in [3.8, 4) is 11.7 Å². The van der Waals surface area contributed by atoms with E-state index in [0.717, 1.165) is 11.3 Å². The zero-order valence-corrected chi connectivity index (χ0v) is 15.1. The van der Waals surface area contributed by atoms with Gasteiger partial charge < -0.3 is 4.74 Å². The normalized spacial score (nSPS) is 16.2. The van der Waals surface area contributed by atoms with Gasteiger partial charge in [-0.3, -0.25) is 4.72 Å². The molecule has 2 aromatic heterocycles. The Kier molecular flexibility index (Phi) is 3.87. The van der Waals surface area contributed by atoms with Crippen LogP contribution < -0.4 is 9.46 Å². The summed E-state index contributed by atoms with van der Waals surface area (Å²) in [6.45, 7) is 3.72. The minimum absolute atomic E-state index is 0.0511. The molecule has 0 aliphatic carbocycles. The van der Waals surface area contributed by atoms with Gasteiger partial charge in [-0.25, -0.2) is 18.4 Å². The molecule has 8 nitrogen and oxygen atoms in total. The van der Waals surface area contributed by atoms with E-state index in [2.05, 4.69) is 19.8 Å². The standard InChI is InChI=1S/C17H17N5O3S/c1-11-8-16(22(20-11)17-18-6-3-7-19-17)21-26(23,24)14-4-5-15-13(10-14)9-12(2)25-15/h3-8,10,12,21H,9H2,1-2H3. The molecule has 0 radical (unpaired) electrons. The van der Waals surface area contributed by atoms with Gasteiger partial charge in [0.1, 0.15) is 17.7 Å². The van der Waals surface area contributed by atoms with E-state index < -0.39 is 10.0 Å². The molecule has 134 valence electrons. The van der Waals surface area contributed by atoms with Gasteiger partial charge in [0.15, 0.2) is 0 Å². The highest BCUT2D eigenvalue weighted by atomic mass is 32.2. The molecule has 0 saturated heterocycles. The summed E-state index contributed by atoms with van der Waals surface area (Å²) in [7, 11) is -3.79. The van der Waals surface area contributed by atoms with Gasteiger partial charge in [0, 0.05) is 24.9 Å². The maximum atomic E-state index is 12.8. The Morgan fingerprint density at radius 1 is 1.23 bits per heavy atom. The van der Waals surface area contributed by atoms with Crippen molar-refractivity contribution in [2.75, 3.05) is 4.72 Å². The number of nitrogens with zero attached hydrogens (tertiary/aromatic N) is 4. The van der Waals surface area contributed by atoms with Crippen LogP contribution in [-0.2, 0) is 16.4 Å². The molecule has 1 N–H and O–H groups in total. The number of anilines is 1. The van der Waals surface area contributed by atoms with Crippen LogP contribution in [0.3, 0.4) is 0 Å². The number of sulfonamides is 1. The first-order chi connectivity index (χ1) is 12.4. The quantitative estimate of drug-likeness (QED) is 0.754. The fraction of sp³-hybridized carbons (Fsp3) is 0.235. The molecule has 26 heavy (non-hydrogen) atoms. The molecule has 0 bridgehead atoms. The molecular weight excluding hydrogens is 354 g/mol. The Hall–Kier alpha value is -2.94. The van der Waals surface area contributed by atoms with Crippen molar-refractivity contribution in [3.63, 3.8) is 0 Å². The molecule has 1 unspecified atom stereocenters. The summed E-state index contributed by atoms with van der Waals surface area (Å²) in [5, 5.41) is 4.27. The number of aryl methyl sites for hydroxylation is 1. The number of fused-ring (bicyclic) bond motifs is 1. The lowest BCUT2D eigenvalue weighted by Gasteiger charge is -2.10. The van der Waals surface area contributed by atoms with E-state index in [1.165, 1.54) is 10.7 Å². The van der Waals surface area contributed by atoms with Crippen LogP contribution in [0, 0.1) is 6.92 Å². The van der Waals surface area contributed by atoms with Crippen molar-refractivity contribution in [2.45, 2.75) is 31.3 Å². The minimum Gasteiger partial charge on any atom is -0.490 e. The third-order valence-corrected chi connectivity index (χ3v) is 5.34. The Morgan fingerprint density at radius 2 is 2.00 bits per heavy atom. The van der Waals surface area contributed by atoms with Crippen LogP contribution >= 0.6 is 0 Å². The predicted molar refractivity (Wildman–Crippen MR) is 94.9 cm³/mol. The number of hydrogen-bond donors (Lipinski definition) is 1. The highest BCUT2D eigenvalue weighted by Crippen LogP contribution is 2.31. The summed E-state index contributed by atoms with van der Waals surface area (Å²) < 4.78 is 35.3. The van der Waals surface area contributed by atoms with Gasteiger partial charge in [-0.2, -0.15) is 9.78 Å². The number of rotatable bonds is 4. The monoisotopic (exact) mass is 371 g/mol. The van der Waals surface area contributed by atoms with Gasteiger partial charge in [0.25, 0.3) is 16.0 Å². The van der Waals surface area contributed by atoms with Crippen molar-refractivity contribution < 1.29 is 13.2 Å². The Balaban J connectivity index is 1.69. The number of aromatic nitrogens is 4. The first kappa shape index (κ1) is 16.5. The fourth-order valence-electron chi connectivity index (χ4n) is 2.89. The lowest BCUT2D eigenvalue weighted by Crippen LogP contribution is -2.16. The van der Waals surface area contributed by atoms with Crippen LogP contribution in [0.2, 0.25) is 0 Å². The van der Waals surface area contributed by atoms with E-state index in [9.17, 15) is 8.42 Å². The van der Waals surface area contributed by atoms with Gasteiger partial charge in [-0.1, -0.05) is 0 Å². The summed E-state index contributed by atoms with van der Waals surface area (Å²) in [5.74, 6) is 1.29. The third-order valence-electron chi connectivity index (χ3n) is 3.99. The van der Waals surface area contributed by atoms with Crippen LogP contribution in [0.15, 0.2) is 47.6 Å². The minimum atomic E-state index is -3.79. The van der Waals surface area contributed by atoms with E-state index in [4.69, 9.17) is 4.74 Å². The maximum Gasteiger partial charge on any atom is 0.263 e. The van der Waals surface area contributed by atoms with Crippen LogP contribution in [-0.4, -0.2) is 34.3 Å². The number of benzene rings is 1. The van der Waals surface area contributed by atoms with Crippen molar-refractivity contribution in [1.29, 1.82) is 0 Å². The Morgan fingerprint density at radius 3 is 2.77 bits per heavy atom. The van der Waals surface area contributed by atoms with Crippen molar-refractivity contribution in [1.82, 2.24) is 19.7 Å². The number of ether oxygens (including phenoxy) is 1. The van der Waals surface area contributed by atoms with Crippen LogP contribution in [0.5, 0.6) is 5.75 Å². The number of nitrogens with one attached hydrogen (secondary N) is 1. The second-order valence-corrected chi connectivity index (χ2v) is 7.82. The summed E-state index contributed by atoms with van der Waals surface area (Å²) >= 11 is 0. The molecule has 1 aliphatic heterocycles. The topological polar surface area (TPSA) is 99.0 Å². The zero-order chi connectivity index (χ0) is 18.3. The highest BCUT2D eigenvalue weighted by Gasteiger charge is 2.24. The summed E-state index contributed by atoms with van der Waals surface area (Å²) in [6.07, 6.45) is 3.88. The van der Waals surface area contributed by atoms with Gasteiger partial charge in [-0.15, -0.1) is 0 Å². The molecule has 0 amide bonds.